The minimum atomic E-state index is 0.458. The molecule has 17 heavy (non-hydrogen) atoms. The van der Waals surface area contributed by atoms with E-state index in [1.807, 2.05) is 12.1 Å². The van der Waals surface area contributed by atoms with Crippen LogP contribution in [0.2, 0.25) is 0 Å². The Balaban J connectivity index is 2.82. The van der Waals surface area contributed by atoms with Gasteiger partial charge in [0, 0.05) is 12.0 Å². The molecule has 0 bridgehead atoms. The number of hydrazone groups is 1. The van der Waals surface area contributed by atoms with Crippen molar-refractivity contribution in [2.45, 2.75) is 12.8 Å². The van der Waals surface area contributed by atoms with E-state index in [0.29, 0.717) is 30.9 Å². The molecule has 5 nitrogen and oxygen atoms in total. The second-order valence-corrected chi connectivity index (χ2v) is 3.27. The van der Waals surface area contributed by atoms with E-state index in [-0.39, 0.29) is 0 Å². The fourth-order valence-electron chi connectivity index (χ4n) is 1.36. The van der Waals surface area contributed by atoms with Crippen molar-refractivity contribution in [2.75, 3.05) is 13.7 Å². The highest BCUT2D eigenvalue weighted by atomic mass is 16.5. The summed E-state index contributed by atoms with van der Waals surface area (Å²) in [6.07, 6.45) is 2.64. The number of rotatable bonds is 6. The normalized spacial score (nSPS) is 10.1. The maximum absolute atomic E-state index is 8.44. The van der Waals surface area contributed by atoms with Gasteiger partial charge in [-0.3, -0.25) is 0 Å². The quantitative estimate of drug-likeness (QED) is 0.351. The Morgan fingerprint density at radius 2 is 2.35 bits per heavy atom. The van der Waals surface area contributed by atoms with Gasteiger partial charge >= 0.3 is 0 Å². The summed E-state index contributed by atoms with van der Waals surface area (Å²) in [5, 5.41) is 11.9. The van der Waals surface area contributed by atoms with Crippen molar-refractivity contribution < 1.29 is 9.47 Å². The summed E-state index contributed by atoms with van der Waals surface area (Å²) in [4.78, 5) is 0. The summed E-state index contributed by atoms with van der Waals surface area (Å²) in [6.45, 7) is 0.458. The molecule has 90 valence electrons. The average molecular weight is 233 g/mol. The van der Waals surface area contributed by atoms with Crippen LogP contribution < -0.4 is 15.3 Å². The number of hydrogen-bond acceptors (Lipinski definition) is 5. The lowest BCUT2D eigenvalue weighted by molar-refractivity contribution is 0.290. The van der Waals surface area contributed by atoms with Crippen LogP contribution in [0.4, 0.5) is 0 Å². The minimum absolute atomic E-state index is 0.458. The van der Waals surface area contributed by atoms with Crippen LogP contribution in [-0.2, 0) is 0 Å². The fraction of sp³-hybridized carbons (Fsp3) is 0.333. The number of methoxy groups -OCH3 is 1. The zero-order valence-electron chi connectivity index (χ0n) is 9.72. The Labute approximate surface area is 100 Å². The van der Waals surface area contributed by atoms with Crippen molar-refractivity contribution in [2.24, 2.45) is 10.9 Å². The van der Waals surface area contributed by atoms with Gasteiger partial charge in [-0.05, 0) is 18.6 Å². The summed E-state index contributed by atoms with van der Waals surface area (Å²) >= 11 is 0. The maximum atomic E-state index is 8.44. The van der Waals surface area contributed by atoms with Gasteiger partial charge in [-0.25, -0.2) is 0 Å². The highest BCUT2D eigenvalue weighted by molar-refractivity contribution is 5.84. The van der Waals surface area contributed by atoms with Crippen LogP contribution >= 0.6 is 0 Å². The minimum Gasteiger partial charge on any atom is -0.493 e. The summed E-state index contributed by atoms with van der Waals surface area (Å²) in [5.41, 5.74) is 0.754. The lowest BCUT2D eigenvalue weighted by Gasteiger charge is -2.12. The number of para-hydroxylation sites is 1. The van der Waals surface area contributed by atoms with Gasteiger partial charge in [0.2, 0.25) is 0 Å². The smallest absolute Gasteiger partial charge is 0.169 e. The second-order valence-electron chi connectivity index (χ2n) is 3.27. The number of nitriles is 1. The summed E-state index contributed by atoms with van der Waals surface area (Å²) in [7, 11) is 1.57. The first kappa shape index (κ1) is 12.8. The molecule has 0 radical (unpaired) electrons. The van der Waals surface area contributed by atoms with Crippen LogP contribution in [0.1, 0.15) is 18.4 Å². The zero-order valence-corrected chi connectivity index (χ0v) is 9.72. The standard InChI is InChI=1S/C12H15N3O2/c1-16-11-6-4-5-10(9-15-14)12(11)17-8-3-2-7-13/h4-6,9H,2-3,8,14H2,1H3. The molecule has 0 saturated heterocycles. The van der Waals surface area contributed by atoms with E-state index in [1.54, 1.807) is 13.2 Å². The van der Waals surface area contributed by atoms with E-state index in [0.717, 1.165) is 5.56 Å². The summed E-state index contributed by atoms with van der Waals surface area (Å²) in [5.74, 6) is 6.35. The molecule has 5 heteroatoms. The van der Waals surface area contributed by atoms with Gasteiger partial charge in [0.05, 0.1) is 26.0 Å². The molecule has 0 amide bonds. The third-order valence-electron chi connectivity index (χ3n) is 2.12. The molecular formula is C12H15N3O2. The SMILES string of the molecule is COc1cccc(C=NN)c1OCCCC#N. The van der Waals surface area contributed by atoms with Crippen LogP contribution in [0.3, 0.4) is 0 Å². The van der Waals surface area contributed by atoms with Crippen LogP contribution in [-0.4, -0.2) is 19.9 Å². The van der Waals surface area contributed by atoms with Crippen molar-refractivity contribution >= 4 is 6.21 Å². The molecule has 0 unspecified atom stereocenters. The molecule has 0 aliphatic carbocycles. The molecule has 0 aliphatic rings. The van der Waals surface area contributed by atoms with E-state index in [4.69, 9.17) is 20.6 Å². The lowest BCUT2D eigenvalue weighted by atomic mass is 10.2. The fourth-order valence-corrected chi connectivity index (χ4v) is 1.36. The summed E-state index contributed by atoms with van der Waals surface area (Å²) in [6, 6.07) is 7.53. The van der Waals surface area contributed by atoms with Crippen LogP contribution in [0.25, 0.3) is 0 Å². The van der Waals surface area contributed by atoms with Gasteiger partial charge in [0.1, 0.15) is 0 Å². The number of hydrogen-bond donors (Lipinski definition) is 1. The van der Waals surface area contributed by atoms with Crippen molar-refractivity contribution in [3.8, 4) is 17.6 Å². The third-order valence-corrected chi connectivity index (χ3v) is 2.12. The lowest BCUT2D eigenvalue weighted by Crippen LogP contribution is -2.02. The van der Waals surface area contributed by atoms with E-state index in [1.165, 1.54) is 6.21 Å². The average Bonchev–Trinajstić information content (AvgIpc) is 2.36. The molecule has 2 N–H and O–H groups in total. The van der Waals surface area contributed by atoms with Crippen LogP contribution in [0.15, 0.2) is 23.3 Å². The Hall–Kier alpha value is -2.22. The van der Waals surface area contributed by atoms with Gasteiger partial charge in [0.25, 0.3) is 0 Å². The maximum Gasteiger partial charge on any atom is 0.169 e. The van der Waals surface area contributed by atoms with E-state index in [2.05, 4.69) is 11.2 Å². The molecule has 0 aliphatic heterocycles. The van der Waals surface area contributed by atoms with Gasteiger partial charge < -0.3 is 15.3 Å². The number of nitrogens with two attached hydrogens (primary N) is 1. The highest BCUT2D eigenvalue weighted by Gasteiger charge is 2.08. The molecule has 0 aromatic heterocycles. The van der Waals surface area contributed by atoms with E-state index >= 15 is 0 Å². The number of benzene rings is 1. The van der Waals surface area contributed by atoms with E-state index < -0.39 is 0 Å². The first-order valence-corrected chi connectivity index (χ1v) is 5.23. The molecule has 0 saturated carbocycles. The Kier molecular flexibility index (Phi) is 5.38. The highest BCUT2D eigenvalue weighted by Crippen LogP contribution is 2.30. The van der Waals surface area contributed by atoms with Gasteiger partial charge in [-0.1, -0.05) is 6.07 Å². The van der Waals surface area contributed by atoms with Crippen LogP contribution in [0, 0.1) is 11.3 Å². The third kappa shape index (κ3) is 3.68. The largest absolute Gasteiger partial charge is 0.493 e. The van der Waals surface area contributed by atoms with Crippen molar-refractivity contribution in [1.29, 1.82) is 5.26 Å². The molecule has 1 aromatic rings. The molecule has 0 fully saturated rings. The molecule has 0 heterocycles. The first-order chi connectivity index (χ1) is 8.33. The van der Waals surface area contributed by atoms with Crippen molar-refractivity contribution in [3.63, 3.8) is 0 Å². The van der Waals surface area contributed by atoms with Crippen molar-refractivity contribution in [3.05, 3.63) is 23.8 Å². The molecule has 0 atom stereocenters. The first-order valence-electron chi connectivity index (χ1n) is 5.23. The van der Waals surface area contributed by atoms with Gasteiger partial charge in [-0.15, -0.1) is 0 Å². The number of nitrogens with zero attached hydrogens (tertiary/aromatic N) is 2. The Morgan fingerprint density at radius 1 is 1.53 bits per heavy atom. The predicted octanol–water partition coefficient (Wildman–Crippen LogP) is 1.67. The molecule has 0 spiro atoms. The predicted molar refractivity (Wildman–Crippen MR) is 65.1 cm³/mol. The molecule has 1 aromatic carbocycles. The number of ether oxygens (including phenoxy) is 2. The monoisotopic (exact) mass is 233 g/mol. The molecular weight excluding hydrogens is 218 g/mol. The number of unbranched alkanes of at least 4 members (excludes halogenated alkanes) is 1. The van der Waals surface area contributed by atoms with Gasteiger partial charge in [-0.2, -0.15) is 10.4 Å². The Morgan fingerprint density at radius 3 is 3.00 bits per heavy atom. The van der Waals surface area contributed by atoms with Gasteiger partial charge in [0.15, 0.2) is 11.5 Å². The zero-order chi connectivity index (χ0) is 12.5. The van der Waals surface area contributed by atoms with Crippen LogP contribution in [0.5, 0.6) is 11.5 Å². The van der Waals surface area contributed by atoms with Crippen molar-refractivity contribution in [1.82, 2.24) is 0 Å². The Bertz CT molecular complexity index is 424. The summed E-state index contributed by atoms with van der Waals surface area (Å²) < 4.78 is 10.8. The second kappa shape index (κ2) is 7.12. The molecule has 1 rings (SSSR count). The topological polar surface area (TPSA) is 80.6 Å². The van der Waals surface area contributed by atoms with E-state index in [9.17, 15) is 0 Å².